The van der Waals surface area contributed by atoms with Crippen LogP contribution in [0.5, 0.6) is 0 Å². The molecule has 8 heteroatoms. The van der Waals surface area contributed by atoms with Crippen molar-refractivity contribution in [1.82, 2.24) is 9.78 Å². The molecule has 0 radical (unpaired) electrons. The van der Waals surface area contributed by atoms with E-state index in [9.17, 15) is 22.0 Å². The summed E-state index contributed by atoms with van der Waals surface area (Å²) in [5.41, 5.74) is 0.0172. The first-order valence-electron chi connectivity index (χ1n) is 8.02. The number of aryl methyl sites for hydroxylation is 1. The van der Waals surface area contributed by atoms with Crippen LogP contribution in [-0.4, -0.2) is 9.78 Å². The van der Waals surface area contributed by atoms with Crippen LogP contribution in [0.4, 0.5) is 22.0 Å². The molecule has 0 bridgehead atoms. The molecule has 1 aliphatic rings. The lowest BCUT2D eigenvalue weighted by atomic mass is 10.0. The van der Waals surface area contributed by atoms with Crippen LogP contribution in [-0.2, 0) is 12.8 Å². The van der Waals surface area contributed by atoms with Crippen LogP contribution >= 0.6 is 0 Å². The fraction of sp³-hybridized carbons (Fsp3) is 0.222. The maximum atomic E-state index is 14.0. The standard InChI is InChI=1S/C18H13F5N3/c19-13-14(20)16(22)18(17(23)15(13)21)26-9-25-11(6-7-12(25)24-26)8-10-4-2-1-3-5-10/h1-5,9,11H,6-8H2/q+1/t11-/m0/s1. The average molecular weight is 366 g/mol. The molecule has 0 spiro atoms. The summed E-state index contributed by atoms with van der Waals surface area (Å²) in [5.74, 6) is -9.42. The van der Waals surface area contributed by atoms with Crippen molar-refractivity contribution in [2.45, 2.75) is 25.3 Å². The topological polar surface area (TPSA) is 21.7 Å². The third-order valence-corrected chi connectivity index (χ3v) is 4.58. The van der Waals surface area contributed by atoms with Crippen molar-refractivity contribution in [2.75, 3.05) is 0 Å². The van der Waals surface area contributed by atoms with Crippen molar-refractivity contribution in [3.63, 3.8) is 0 Å². The smallest absolute Gasteiger partial charge is 0.231 e. The molecule has 0 aliphatic carbocycles. The van der Waals surface area contributed by atoms with Crippen LogP contribution < -0.4 is 4.57 Å². The quantitative estimate of drug-likeness (QED) is 0.301. The Morgan fingerprint density at radius 2 is 1.54 bits per heavy atom. The molecule has 3 nitrogen and oxygen atoms in total. The Labute approximate surface area is 145 Å². The Hall–Kier alpha value is -2.77. The predicted octanol–water partition coefficient (Wildman–Crippen LogP) is 3.59. The van der Waals surface area contributed by atoms with Gasteiger partial charge in [0.05, 0.1) is 6.04 Å². The van der Waals surface area contributed by atoms with Crippen molar-refractivity contribution in [2.24, 2.45) is 0 Å². The van der Waals surface area contributed by atoms with Gasteiger partial charge in [0.1, 0.15) is 0 Å². The Morgan fingerprint density at radius 3 is 2.19 bits per heavy atom. The molecule has 1 aromatic heterocycles. The second-order valence-electron chi connectivity index (χ2n) is 6.18. The zero-order chi connectivity index (χ0) is 18.4. The van der Waals surface area contributed by atoms with Crippen LogP contribution in [0, 0.1) is 29.1 Å². The fourth-order valence-corrected chi connectivity index (χ4v) is 3.29. The molecule has 1 aliphatic heterocycles. The van der Waals surface area contributed by atoms with Crippen molar-refractivity contribution in [3.8, 4) is 5.69 Å². The number of nitrogens with zero attached hydrogens (tertiary/aromatic N) is 3. The van der Waals surface area contributed by atoms with Gasteiger partial charge in [-0.05, 0) is 12.0 Å². The monoisotopic (exact) mass is 366 g/mol. The first-order chi connectivity index (χ1) is 12.5. The van der Waals surface area contributed by atoms with E-state index in [1.165, 1.54) is 6.33 Å². The molecule has 2 aromatic carbocycles. The fourth-order valence-electron chi connectivity index (χ4n) is 3.29. The van der Waals surface area contributed by atoms with Gasteiger partial charge in [-0.25, -0.2) is 17.7 Å². The average Bonchev–Trinajstić information content (AvgIpc) is 3.21. The summed E-state index contributed by atoms with van der Waals surface area (Å²) in [6, 6.07) is 9.66. The molecule has 0 N–H and O–H groups in total. The van der Waals surface area contributed by atoms with E-state index < -0.39 is 34.8 Å². The molecule has 1 atom stereocenters. The number of aromatic nitrogens is 3. The highest BCUT2D eigenvalue weighted by atomic mass is 19.2. The first kappa shape index (κ1) is 16.7. The minimum Gasteiger partial charge on any atom is -0.231 e. The summed E-state index contributed by atoms with van der Waals surface area (Å²) < 4.78 is 70.6. The second-order valence-corrected chi connectivity index (χ2v) is 6.18. The van der Waals surface area contributed by atoms with E-state index in [-0.39, 0.29) is 6.04 Å². The minimum atomic E-state index is -2.18. The summed E-state index contributed by atoms with van der Waals surface area (Å²) in [7, 11) is 0. The molecule has 0 saturated heterocycles. The van der Waals surface area contributed by atoms with Crippen LogP contribution in [0.3, 0.4) is 0 Å². The van der Waals surface area contributed by atoms with Gasteiger partial charge in [0.15, 0.2) is 0 Å². The molecule has 0 unspecified atom stereocenters. The number of hydrogen-bond acceptors (Lipinski definition) is 1. The maximum absolute atomic E-state index is 14.0. The molecule has 4 rings (SSSR count). The van der Waals surface area contributed by atoms with Gasteiger partial charge in [-0.1, -0.05) is 35.0 Å². The zero-order valence-electron chi connectivity index (χ0n) is 13.4. The zero-order valence-corrected chi connectivity index (χ0v) is 13.4. The van der Waals surface area contributed by atoms with Crippen LogP contribution in [0.1, 0.15) is 23.9 Å². The Kier molecular flexibility index (Phi) is 3.97. The van der Waals surface area contributed by atoms with Gasteiger partial charge < -0.3 is 0 Å². The Balaban J connectivity index is 1.73. The van der Waals surface area contributed by atoms with Gasteiger partial charge in [-0.15, -0.1) is 0 Å². The van der Waals surface area contributed by atoms with E-state index in [0.717, 1.165) is 16.7 Å². The molecule has 134 valence electrons. The van der Waals surface area contributed by atoms with Crippen molar-refractivity contribution in [3.05, 3.63) is 77.1 Å². The normalized spacial score (nSPS) is 16.1. The number of halogens is 5. The second kappa shape index (κ2) is 6.19. The van der Waals surface area contributed by atoms with Crippen molar-refractivity contribution < 1.29 is 26.5 Å². The van der Waals surface area contributed by atoms with Crippen LogP contribution in [0.25, 0.3) is 5.69 Å². The number of benzene rings is 2. The summed E-state index contributed by atoms with van der Waals surface area (Å²) >= 11 is 0. The molecule has 0 saturated carbocycles. The SMILES string of the molecule is Fc1c(F)c(F)c(-n2c[n+]3c(n2)CC[C@H]3Cc2ccccc2)c(F)c1F. The van der Waals surface area contributed by atoms with E-state index in [2.05, 4.69) is 5.10 Å². The minimum absolute atomic E-state index is 0.00224. The Morgan fingerprint density at radius 1 is 0.923 bits per heavy atom. The summed E-state index contributed by atoms with van der Waals surface area (Å²) in [5, 5.41) is 4.03. The van der Waals surface area contributed by atoms with Gasteiger partial charge in [-0.3, -0.25) is 0 Å². The van der Waals surface area contributed by atoms with Crippen LogP contribution in [0.15, 0.2) is 36.7 Å². The molecule has 2 heterocycles. The predicted molar refractivity (Wildman–Crippen MR) is 81.1 cm³/mol. The third kappa shape index (κ3) is 2.56. The third-order valence-electron chi connectivity index (χ3n) is 4.58. The number of hydrogen-bond donors (Lipinski definition) is 0. The summed E-state index contributed by atoms with van der Waals surface area (Å²) in [6.07, 6.45) is 3.31. The molecule has 0 amide bonds. The number of fused-ring (bicyclic) bond motifs is 1. The lowest BCUT2D eigenvalue weighted by molar-refractivity contribution is -0.716. The van der Waals surface area contributed by atoms with Crippen LogP contribution in [0.2, 0.25) is 0 Å². The van der Waals surface area contributed by atoms with Gasteiger partial charge in [0, 0.05) is 17.9 Å². The van der Waals surface area contributed by atoms with Crippen molar-refractivity contribution >= 4 is 0 Å². The van der Waals surface area contributed by atoms with E-state index in [4.69, 9.17) is 0 Å². The van der Waals surface area contributed by atoms with E-state index in [0.29, 0.717) is 18.7 Å². The molecule has 3 aromatic rings. The highest BCUT2D eigenvalue weighted by Crippen LogP contribution is 2.27. The lowest BCUT2D eigenvalue weighted by Gasteiger charge is -2.08. The number of rotatable bonds is 3. The van der Waals surface area contributed by atoms with E-state index >= 15 is 0 Å². The van der Waals surface area contributed by atoms with Gasteiger partial charge in [0.2, 0.25) is 41.1 Å². The summed E-state index contributed by atoms with van der Waals surface area (Å²) in [4.78, 5) is 0. The highest BCUT2D eigenvalue weighted by Gasteiger charge is 2.36. The highest BCUT2D eigenvalue weighted by molar-refractivity contribution is 5.36. The first-order valence-corrected chi connectivity index (χ1v) is 8.02. The van der Waals surface area contributed by atoms with Gasteiger partial charge >= 0.3 is 0 Å². The summed E-state index contributed by atoms with van der Waals surface area (Å²) in [6.45, 7) is 0. The largest absolute Gasteiger partial charge is 0.278 e. The van der Waals surface area contributed by atoms with Crippen molar-refractivity contribution in [1.29, 1.82) is 0 Å². The van der Waals surface area contributed by atoms with E-state index in [1.807, 2.05) is 30.3 Å². The molecular weight excluding hydrogens is 353 g/mol. The molecule has 26 heavy (non-hydrogen) atoms. The van der Waals surface area contributed by atoms with E-state index in [1.54, 1.807) is 4.57 Å². The molecular formula is C18H13F5N3+. The van der Waals surface area contributed by atoms with Gasteiger partial charge in [0.25, 0.3) is 5.82 Å². The lowest BCUT2D eigenvalue weighted by Crippen LogP contribution is -2.37. The molecule has 0 fully saturated rings. The van der Waals surface area contributed by atoms with Gasteiger partial charge in [-0.2, -0.15) is 8.78 Å². The Bertz CT molecular complexity index is 955. The maximum Gasteiger partial charge on any atom is 0.278 e.